The van der Waals surface area contributed by atoms with Crippen molar-refractivity contribution in [1.82, 2.24) is 25.6 Å². The molecule has 1 aromatic heterocycles. The molecule has 0 radical (unpaired) electrons. The van der Waals surface area contributed by atoms with E-state index in [-0.39, 0.29) is 24.7 Å². The van der Waals surface area contributed by atoms with Gasteiger partial charge in [-0.15, -0.1) is 5.10 Å². The molecule has 0 fully saturated rings. The lowest BCUT2D eigenvalue weighted by Gasteiger charge is -2.19. The van der Waals surface area contributed by atoms with Gasteiger partial charge in [-0.2, -0.15) is 0 Å². The molecule has 0 saturated carbocycles. The van der Waals surface area contributed by atoms with E-state index in [9.17, 15) is 14.4 Å². The minimum absolute atomic E-state index is 0.123. The molecule has 3 amide bonds. The third kappa shape index (κ3) is 5.09. The maximum atomic E-state index is 11.6. The van der Waals surface area contributed by atoms with Crippen molar-refractivity contribution in [2.75, 3.05) is 6.54 Å². The van der Waals surface area contributed by atoms with Crippen LogP contribution in [0, 0.1) is 5.92 Å². The Morgan fingerprint density at radius 1 is 1.43 bits per heavy atom. The molecule has 0 aliphatic heterocycles. The fraction of sp³-hybridized carbons (Fsp3) is 0.545. The molecular weight excluding hydrogens is 280 g/mol. The zero-order chi connectivity index (χ0) is 16.0. The number of hydrogen-bond acceptors (Lipinski definition) is 5. The predicted octanol–water partition coefficient (Wildman–Crippen LogP) is -1.21. The Hall–Kier alpha value is -2.65. The highest BCUT2D eigenvalue weighted by molar-refractivity contribution is 5.86. The largest absolute Gasteiger partial charge is 0.476 e. The highest BCUT2D eigenvalue weighted by Gasteiger charge is 2.21. The average molecular weight is 298 g/mol. The Morgan fingerprint density at radius 2 is 2.10 bits per heavy atom. The van der Waals surface area contributed by atoms with Crippen molar-refractivity contribution in [2.24, 2.45) is 11.7 Å². The van der Waals surface area contributed by atoms with Crippen LogP contribution in [-0.4, -0.2) is 50.6 Å². The number of urea groups is 1. The standard InChI is InChI=1S/C11H18N6O4/c1-6(2)8(9(12)18)14-11(21)13-3-4-17-5-7(10(19)20)15-16-17/h5-6,8H,3-4H2,1-2H3,(H2,12,18)(H,19,20)(H2,13,14,21). The third-order valence-electron chi connectivity index (χ3n) is 2.64. The molecule has 10 heteroatoms. The van der Waals surface area contributed by atoms with Crippen LogP contribution >= 0.6 is 0 Å². The number of nitrogens with one attached hydrogen (secondary N) is 2. The number of amides is 3. The van der Waals surface area contributed by atoms with Gasteiger partial charge in [0.1, 0.15) is 6.04 Å². The topological polar surface area (TPSA) is 152 Å². The zero-order valence-corrected chi connectivity index (χ0v) is 11.7. The molecule has 116 valence electrons. The van der Waals surface area contributed by atoms with Crippen LogP contribution in [0.4, 0.5) is 4.79 Å². The number of nitrogens with two attached hydrogens (primary N) is 1. The molecule has 1 unspecified atom stereocenters. The SMILES string of the molecule is CC(C)C(NC(=O)NCCn1cc(C(=O)O)nn1)C(N)=O. The number of carboxylic acids is 1. The van der Waals surface area contributed by atoms with E-state index in [1.165, 1.54) is 10.9 Å². The molecule has 0 bridgehead atoms. The summed E-state index contributed by atoms with van der Waals surface area (Å²) in [5.74, 6) is -1.91. The van der Waals surface area contributed by atoms with E-state index >= 15 is 0 Å². The minimum atomic E-state index is -1.17. The third-order valence-corrected chi connectivity index (χ3v) is 2.64. The normalized spacial score (nSPS) is 12.0. The first-order valence-corrected chi connectivity index (χ1v) is 6.28. The van der Waals surface area contributed by atoms with Crippen molar-refractivity contribution in [2.45, 2.75) is 26.4 Å². The number of aromatic nitrogens is 3. The van der Waals surface area contributed by atoms with Gasteiger partial charge in [0.25, 0.3) is 0 Å². The molecule has 0 spiro atoms. The number of carboxylic acid groups (broad SMARTS) is 1. The Balaban J connectivity index is 2.39. The fourth-order valence-electron chi connectivity index (χ4n) is 1.55. The Labute approximate surface area is 120 Å². The highest BCUT2D eigenvalue weighted by Crippen LogP contribution is 2.00. The summed E-state index contributed by atoms with van der Waals surface area (Å²) in [5.41, 5.74) is 5.00. The summed E-state index contributed by atoms with van der Waals surface area (Å²) in [6.45, 7) is 3.96. The monoisotopic (exact) mass is 298 g/mol. The van der Waals surface area contributed by atoms with Crippen LogP contribution in [0.15, 0.2) is 6.20 Å². The van der Waals surface area contributed by atoms with Crippen molar-refractivity contribution in [3.63, 3.8) is 0 Å². The van der Waals surface area contributed by atoms with E-state index in [2.05, 4.69) is 20.9 Å². The highest BCUT2D eigenvalue weighted by atomic mass is 16.4. The summed E-state index contributed by atoms with van der Waals surface area (Å²) in [5, 5.41) is 20.7. The average Bonchev–Trinajstić information content (AvgIpc) is 2.84. The molecule has 0 aliphatic rings. The molecule has 1 atom stereocenters. The number of primary amides is 1. The van der Waals surface area contributed by atoms with Gasteiger partial charge in [-0.1, -0.05) is 19.1 Å². The summed E-state index contributed by atoms with van der Waals surface area (Å²) in [7, 11) is 0. The maximum Gasteiger partial charge on any atom is 0.358 e. The van der Waals surface area contributed by atoms with Gasteiger partial charge in [0.15, 0.2) is 5.69 Å². The second-order valence-corrected chi connectivity index (χ2v) is 4.70. The first-order valence-electron chi connectivity index (χ1n) is 6.28. The van der Waals surface area contributed by atoms with Crippen LogP contribution in [0.5, 0.6) is 0 Å². The molecule has 21 heavy (non-hydrogen) atoms. The van der Waals surface area contributed by atoms with Gasteiger partial charge in [-0.3, -0.25) is 4.79 Å². The van der Waals surface area contributed by atoms with Gasteiger partial charge in [-0.25, -0.2) is 14.3 Å². The van der Waals surface area contributed by atoms with Crippen LogP contribution in [0.2, 0.25) is 0 Å². The van der Waals surface area contributed by atoms with Gasteiger partial charge in [0.2, 0.25) is 5.91 Å². The lowest BCUT2D eigenvalue weighted by molar-refractivity contribution is -0.120. The molecule has 10 nitrogen and oxygen atoms in total. The molecule has 5 N–H and O–H groups in total. The summed E-state index contributed by atoms with van der Waals surface area (Å²) >= 11 is 0. The van der Waals surface area contributed by atoms with Crippen molar-refractivity contribution < 1.29 is 19.5 Å². The second kappa shape index (κ2) is 7.22. The second-order valence-electron chi connectivity index (χ2n) is 4.70. The Morgan fingerprint density at radius 3 is 2.57 bits per heavy atom. The van der Waals surface area contributed by atoms with Crippen LogP contribution < -0.4 is 16.4 Å². The number of nitrogens with zero attached hydrogens (tertiary/aromatic N) is 3. The van der Waals surface area contributed by atoms with Crippen molar-refractivity contribution in [3.8, 4) is 0 Å². The minimum Gasteiger partial charge on any atom is -0.476 e. The number of hydrogen-bond donors (Lipinski definition) is 4. The van der Waals surface area contributed by atoms with Gasteiger partial charge in [0.05, 0.1) is 12.7 Å². The first-order chi connectivity index (χ1) is 9.81. The van der Waals surface area contributed by atoms with Crippen LogP contribution in [0.25, 0.3) is 0 Å². The number of aromatic carboxylic acids is 1. The molecule has 1 aromatic rings. The lowest BCUT2D eigenvalue weighted by atomic mass is 10.0. The number of carbonyl (C=O) groups is 3. The van der Waals surface area contributed by atoms with E-state index in [0.29, 0.717) is 0 Å². The molecule has 1 rings (SSSR count). The smallest absolute Gasteiger partial charge is 0.358 e. The predicted molar refractivity (Wildman–Crippen MR) is 71.3 cm³/mol. The van der Waals surface area contributed by atoms with Gasteiger partial charge < -0.3 is 21.5 Å². The molecule has 0 aliphatic carbocycles. The Kier molecular flexibility index (Phi) is 5.64. The van der Waals surface area contributed by atoms with Crippen LogP contribution in [-0.2, 0) is 11.3 Å². The molecule has 1 heterocycles. The van der Waals surface area contributed by atoms with E-state index in [1.807, 2.05) is 0 Å². The van der Waals surface area contributed by atoms with Crippen molar-refractivity contribution in [3.05, 3.63) is 11.9 Å². The van der Waals surface area contributed by atoms with Gasteiger partial charge in [0, 0.05) is 6.54 Å². The fourth-order valence-corrected chi connectivity index (χ4v) is 1.55. The van der Waals surface area contributed by atoms with Crippen molar-refractivity contribution in [1.29, 1.82) is 0 Å². The van der Waals surface area contributed by atoms with E-state index < -0.39 is 23.9 Å². The first kappa shape index (κ1) is 16.4. The van der Waals surface area contributed by atoms with Crippen molar-refractivity contribution >= 4 is 17.9 Å². The molecule has 0 saturated heterocycles. The van der Waals surface area contributed by atoms with Gasteiger partial charge in [-0.05, 0) is 5.92 Å². The number of carbonyl (C=O) groups excluding carboxylic acids is 2. The summed E-state index contributed by atoms with van der Waals surface area (Å²) in [4.78, 5) is 33.3. The quantitative estimate of drug-likeness (QED) is 0.495. The molecule has 0 aromatic carbocycles. The summed E-state index contributed by atoms with van der Waals surface area (Å²) in [6.07, 6.45) is 1.25. The van der Waals surface area contributed by atoms with Crippen LogP contribution in [0.1, 0.15) is 24.3 Å². The summed E-state index contributed by atoms with van der Waals surface area (Å²) < 4.78 is 1.29. The van der Waals surface area contributed by atoms with E-state index in [0.717, 1.165) is 0 Å². The maximum absolute atomic E-state index is 11.6. The Bertz CT molecular complexity index is 527. The van der Waals surface area contributed by atoms with E-state index in [4.69, 9.17) is 10.8 Å². The van der Waals surface area contributed by atoms with Gasteiger partial charge >= 0.3 is 12.0 Å². The lowest BCUT2D eigenvalue weighted by Crippen LogP contribution is -2.51. The number of rotatable bonds is 7. The van der Waals surface area contributed by atoms with E-state index in [1.54, 1.807) is 13.8 Å². The van der Waals surface area contributed by atoms with Crippen LogP contribution in [0.3, 0.4) is 0 Å². The zero-order valence-electron chi connectivity index (χ0n) is 11.7. The summed E-state index contributed by atoms with van der Waals surface area (Å²) in [6, 6.07) is -1.29. The molecular formula is C11H18N6O4.